The van der Waals surface area contributed by atoms with Gasteiger partial charge < -0.3 is 11.5 Å². The zero-order valence-corrected chi connectivity index (χ0v) is 14.7. The van der Waals surface area contributed by atoms with Crippen LogP contribution in [0.25, 0.3) is 0 Å². The maximum atomic E-state index is 13.3. The monoisotopic (exact) mass is 383 g/mol. The van der Waals surface area contributed by atoms with E-state index in [4.69, 9.17) is 11.5 Å². The third-order valence-electron chi connectivity index (χ3n) is 3.46. The summed E-state index contributed by atoms with van der Waals surface area (Å²) in [5.74, 6) is 5.27. The van der Waals surface area contributed by atoms with E-state index in [2.05, 4.69) is 26.5 Å². The van der Waals surface area contributed by atoms with Crippen LogP contribution in [0.4, 0.5) is 21.7 Å². The molecule has 1 aromatic heterocycles. The highest BCUT2D eigenvalue weighted by Gasteiger charge is 2.14. The maximum absolute atomic E-state index is 13.3. The molecule has 0 saturated heterocycles. The van der Waals surface area contributed by atoms with Gasteiger partial charge in [-0.2, -0.15) is 0 Å². The fraction of sp³-hybridized carbons (Fsp3) is 0. The fourth-order valence-corrected chi connectivity index (χ4v) is 3.27. The summed E-state index contributed by atoms with van der Waals surface area (Å²) in [7, 11) is -3.93. The summed E-state index contributed by atoms with van der Waals surface area (Å²) in [5, 5.41) is 0. The van der Waals surface area contributed by atoms with Crippen molar-refractivity contribution >= 4 is 27.3 Å². The van der Waals surface area contributed by atoms with Crippen molar-refractivity contribution in [3.05, 3.63) is 71.8 Å². The minimum atomic E-state index is -3.93. The van der Waals surface area contributed by atoms with Crippen LogP contribution in [0.15, 0.2) is 59.8 Å². The first-order chi connectivity index (χ1) is 12.8. The van der Waals surface area contributed by atoms with Crippen molar-refractivity contribution in [2.24, 2.45) is 0 Å². The second-order valence-corrected chi connectivity index (χ2v) is 7.10. The van der Waals surface area contributed by atoms with Crippen molar-refractivity contribution in [3.8, 4) is 11.8 Å². The molecule has 7 nitrogen and oxygen atoms in total. The molecule has 0 radical (unpaired) electrons. The van der Waals surface area contributed by atoms with Crippen LogP contribution >= 0.6 is 0 Å². The van der Waals surface area contributed by atoms with Crippen LogP contribution in [0, 0.1) is 17.7 Å². The number of benzene rings is 2. The highest BCUT2D eigenvalue weighted by atomic mass is 32.2. The highest BCUT2D eigenvalue weighted by Crippen LogP contribution is 2.18. The van der Waals surface area contributed by atoms with E-state index in [9.17, 15) is 12.8 Å². The number of nitrogen functional groups attached to an aromatic ring is 2. The lowest BCUT2D eigenvalue weighted by molar-refractivity contribution is 0.595. The zero-order valence-electron chi connectivity index (χ0n) is 13.8. The van der Waals surface area contributed by atoms with Gasteiger partial charge in [0.05, 0.1) is 10.6 Å². The molecule has 0 spiro atoms. The SMILES string of the molecule is Nc1ncnc(N)c1C#Cc1cccc(NS(=O)(=O)c2cccc(F)c2)c1. The van der Waals surface area contributed by atoms with Crippen molar-refractivity contribution in [1.82, 2.24) is 9.97 Å². The molecule has 0 amide bonds. The minimum Gasteiger partial charge on any atom is -0.382 e. The van der Waals surface area contributed by atoms with Crippen LogP contribution in [-0.4, -0.2) is 18.4 Å². The van der Waals surface area contributed by atoms with Gasteiger partial charge in [0.15, 0.2) is 0 Å². The first-order valence-electron chi connectivity index (χ1n) is 7.61. The molecule has 0 aliphatic rings. The highest BCUT2D eigenvalue weighted by molar-refractivity contribution is 7.92. The normalized spacial score (nSPS) is 10.7. The molecule has 0 atom stereocenters. The van der Waals surface area contributed by atoms with Gasteiger partial charge in [-0.15, -0.1) is 0 Å². The summed E-state index contributed by atoms with van der Waals surface area (Å²) >= 11 is 0. The summed E-state index contributed by atoms with van der Waals surface area (Å²) in [5.41, 5.74) is 12.5. The quantitative estimate of drug-likeness (QED) is 0.594. The molecule has 27 heavy (non-hydrogen) atoms. The van der Waals surface area contributed by atoms with E-state index >= 15 is 0 Å². The second-order valence-electron chi connectivity index (χ2n) is 5.41. The topological polar surface area (TPSA) is 124 Å². The van der Waals surface area contributed by atoms with Crippen molar-refractivity contribution in [1.29, 1.82) is 0 Å². The van der Waals surface area contributed by atoms with Gasteiger partial charge in [0.2, 0.25) is 0 Å². The maximum Gasteiger partial charge on any atom is 0.261 e. The fourth-order valence-electron chi connectivity index (χ4n) is 2.18. The predicted molar refractivity (Wildman–Crippen MR) is 100 cm³/mol. The van der Waals surface area contributed by atoms with Gasteiger partial charge in [0.1, 0.15) is 29.3 Å². The van der Waals surface area contributed by atoms with Gasteiger partial charge >= 0.3 is 0 Å². The Morgan fingerprint density at radius 3 is 2.37 bits per heavy atom. The van der Waals surface area contributed by atoms with Gasteiger partial charge in [-0.1, -0.05) is 24.0 Å². The Kier molecular flexibility index (Phi) is 4.92. The molecule has 3 rings (SSSR count). The molecule has 2 aromatic carbocycles. The van der Waals surface area contributed by atoms with E-state index in [1.807, 2.05) is 0 Å². The van der Waals surface area contributed by atoms with Crippen molar-refractivity contribution in [2.75, 3.05) is 16.2 Å². The third-order valence-corrected chi connectivity index (χ3v) is 4.84. The Labute approximate surface area is 155 Å². The van der Waals surface area contributed by atoms with E-state index < -0.39 is 15.8 Å². The molecule has 136 valence electrons. The van der Waals surface area contributed by atoms with Gasteiger partial charge in [-0.25, -0.2) is 22.8 Å². The number of nitrogens with one attached hydrogen (secondary N) is 1. The molecule has 0 bridgehead atoms. The minimum absolute atomic E-state index is 0.151. The number of rotatable bonds is 3. The molecule has 0 aliphatic carbocycles. The molecule has 0 unspecified atom stereocenters. The number of aromatic nitrogens is 2. The number of anilines is 3. The summed E-state index contributed by atoms with van der Waals surface area (Å²) in [6, 6.07) is 11.1. The lowest BCUT2D eigenvalue weighted by Crippen LogP contribution is -2.13. The number of nitrogens with two attached hydrogens (primary N) is 2. The molecule has 5 N–H and O–H groups in total. The van der Waals surface area contributed by atoms with Crippen molar-refractivity contribution in [3.63, 3.8) is 0 Å². The van der Waals surface area contributed by atoms with Crippen LogP contribution in [0.3, 0.4) is 0 Å². The molecule has 0 saturated carbocycles. The molecule has 9 heteroatoms. The number of hydrogen-bond donors (Lipinski definition) is 3. The molecular weight excluding hydrogens is 369 g/mol. The Balaban J connectivity index is 1.88. The number of halogens is 1. The summed E-state index contributed by atoms with van der Waals surface area (Å²) in [4.78, 5) is 7.46. The van der Waals surface area contributed by atoms with E-state index in [0.29, 0.717) is 11.1 Å². The Morgan fingerprint density at radius 2 is 1.67 bits per heavy atom. The van der Waals surface area contributed by atoms with Gasteiger partial charge in [-0.3, -0.25) is 4.72 Å². The summed E-state index contributed by atoms with van der Waals surface area (Å²) < 4.78 is 40.4. The van der Waals surface area contributed by atoms with Crippen LogP contribution in [0.2, 0.25) is 0 Å². The zero-order chi connectivity index (χ0) is 19.4. The van der Waals surface area contributed by atoms with E-state index in [-0.39, 0.29) is 22.2 Å². The van der Waals surface area contributed by atoms with Crippen LogP contribution in [-0.2, 0) is 10.0 Å². The van der Waals surface area contributed by atoms with Crippen LogP contribution < -0.4 is 16.2 Å². The van der Waals surface area contributed by atoms with Gasteiger partial charge in [-0.05, 0) is 36.4 Å². The Hall–Kier alpha value is -3.64. The lowest BCUT2D eigenvalue weighted by Gasteiger charge is -2.08. The molecule has 0 fully saturated rings. The number of hydrogen-bond acceptors (Lipinski definition) is 6. The van der Waals surface area contributed by atoms with Crippen molar-refractivity contribution in [2.45, 2.75) is 4.90 Å². The second kappa shape index (κ2) is 7.31. The average Bonchev–Trinajstić information content (AvgIpc) is 2.61. The number of nitrogens with zero attached hydrogens (tertiary/aromatic N) is 2. The third kappa shape index (κ3) is 4.31. The average molecular weight is 383 g/mol. The molecule has 0 aliphatic heterocycles. The van der Waals surface area contributed by atoms with Gasteiger partial charge in [0, 0.05) is 5.56 Å². The largest absolute Gasteiger partial charge is 0.382 e. The molecular formula is C18H14FN5O2S. The smallest absolute Gasteiger partial charge is 0.261 e. The Morgan fingerprint density at radius 1 is 0.963 bits per heavy atom. The number of sulfonamides is 1. The van der Waals surface area contributed by atoms with Crippen molar-refractivity contribution < 1.29 is 12.8 Å². The van der Waals surface area contributed by atoms with E-state index in [0.717, 1.165) is 6.07 Å². The Bertz CT molecular complexity index is 1150. The molecule has 1 heterocycles. The predicted octanol–water partition coefficient (Wildman–Crippen LogP) is 1.98. The first kappa shape index (κ1) is 18.2. The lowest BCUT2D eigenvalue weighted by atomic mass is 10.2. The standard InChI is InChI=1S/C18H14FN5O2S/c19-13-4-2-6-15(10-13)27(25,26)24-14-5-1-3-12(9-14)7-8-16-17(20)22-11-23-18(16)21/h1-6,9-11,24H,(H4,20,21,22,23). The molecule has 3 aromatic rings. The summed E-state index contributed by atoms with van der Waals surface area (Å²) in [6.45, 7) is 0. The van der Waals surface area contributed by atoms with Crippen LogP contribution in [0.5, 0.6) is 0 Å². The van der Waals surface area contributed by atoms with Crippen LogP contribution in [0.1, 0.15) is 11.1 Å². The first-order valence-corrected chi connectivity index (χ1v) is 9.10. The summed E-state index contributed by atoms with van der Waals surface area (Å²) in [6.07, 6.45) is 1.23. The van der Waals surface area contributed by atoms with E-state index in [1.54, 1.807) is 18.2 Å². The van der Waals surface area contributed by atoms with E-state index in [1.165, 1.54) is 30.6 Å². The van der Waals surface area contributed by atoms with Gasteiger partial charge in [0.25, 0.3) is 10.0 Å².